The van der Waals surface area contributed by atoms with Gasteiger partial charge in [0.15, 0.2) is 0 Å². The summed E-state index contributed by atoms with van der Waals surface area (Å²) in [5, 5.41) is 3.41. The van der Waals surface area contributed by atoms with Crippen molar-refractivity contribution < 1.29 is 4.80 Å². The average Bonchev–Trinajstić information content (AvgIpc) is 2.17. The van der Waals surface area contributed by atoms with Gasteiger partial charge < -0.3 is 4.80 Å². The van der Waals surface area contributed by atoms with Crippen LogP contribution in [0.3, 0.4) is 0 Å². The highest BCUT2D eigenvalue weighted by Crippen LogP contribution is 2.10. The SMILES string of the molecule is O[Si]c1ccc2ccccc2c1. The molecule has 12 heavy (non-hydrogen) atoms. The molecule has 0 spiro atoms. The highest BCUT2D eigenvalue weighted by atomic mass is 28.2. The van der Waals surface area contributed by atoms with E-state index in [0.717, 1.165) is 5.19 Å². The summed E-state index contributed by atoms with van der Waals surface area (Å²) in [6.45, 7) is 0. The van der Waals surface area contributed by atoms with E-state index in [4.69, 9.17) is 4.80 Å². The molecule has 2 heteroatoms. The lowest BCUT2D eigenvalue weighted by atomic mass is 10.1. The van der Waals surface area contributed by atoms with E-state index in [9.17, 15) is 0 Å². The molecule has 0 aliphatic heterocycles. The van der Waals surface area contributed by atoms with Gasteiger partial charge in [-0.05, 0) is 16.0 Å². The van der Waals surface area contributed by atoms with Gasteiger partial charge in [-0.1, -0.05) is 42.5 Å². The first-order valence-corrected chi connectivity index (χ1v) is 4.74. The van der Waals surface area contributed by atoms with Gasteiger partial charge in [-0.25, -0.2) is 0 Å². The predicted octanol–water partition coefficient (Wildman–Crippen LogP) is 1.08. The summed E-state index contributed by atoms with van der Waals surface area (Å²) < 4.78 is 0. The maximum Gasteiger partial charge on any atom is 0.265 e. The van der Waals surface area contributed by atoms with Crippen molar-refractivity contribution in [3.63, 3.8) is 0 Å². The lowest BCUT2D eigenvalue weighted by Gasteiger charge is -1.98. The summed E-state index contributed by atoms with van der Waals surface area (Å²) in [4.78, 5) is 8.92. The topological polar surface area (TPSA) is 20.2 Å². The Morgan fingerprint density at radius 3 is 2.42 bits per heavy atom. The number of hydrogen-bond donors (Lipinski definition) is 1. The molecule has 0 saturated carbocycles. The highest BCUT2D eigenvalue weighted by Gasteiger charge is 1.94. The second kappa shape index (κ2) is 3.09. The minimum atomic E-state index is -0.107. The second-order valence-electron chi connectivity index (χ2n) is 2.67. The molecule has 0 aliphatic carbocycles. The molecule has 1 N–H and O–H groups in total. The largest absolute Gasteiger partial charge is 0.428 e. The first-order valence-electron chi connectivity index (χ1n) is 3.79. The van der Waals surface area contributed by atoms with Crippen LogP contribution in [0.2, 0.25) is 0 Å². The van der Waals surface area contributed by atoms with E-state index in [1.807, 2.05) is 30.3 Å². The van der Waals surface area contributed by atoms with Crippen molar-refractivity contribution in [3.8, 4) is 0 Å². The van der Waals surface area contributed by atoms with E-state index in [0.29, 0.717) is 0 Å². The molecule has 2 radical (unpaired) electrons. The first kappa shape index (κ1) is 7.52. The van der Waals surface area contributed by atoms with Gasteiger partial charge in [0.1, 0.15) is 0 Å². The molecule has 0 unspecified atom stereocenters. The van der Waals surface area contributed by atoms with Crippen molar-refractivity contribution in [1.29, 1.82) is 0 Å². The fraction of sp³-hybridized carbons (Fsp3) is 0. The molecule has 2 aromatic carbocycles. The lowest BCUT2D eigenvalue weighted by molar-refractivity contribution is 0.615. The van der Waals surface area contributed by atoms with Gasteiger partial charge in [-0.15, -0.1) is 0 Å². The molecule has 0 atom stereocenters. The molecule has 0 aliphatic rings. The fourth-order valence-electron chi connectivity index (χ4n) is 1.26. The third kappa shape index (κ3) is 1.26. The Kier molecular flexibility index (Phi) is 1.94. The summed E-state index contributed by atoms with van der Waals surface area (Å²) in [6, 6.07) is 14.2. The summed E-state index contributed by atoms with van der Waals surface area (Å²) in [7, 11) is -0.107. The normalized spacial score (nSPS) is 10.4. The molecule has 0 fully saturated rings. The van der Waals surface area contributed by atoms with Crippen LogP contribution in [-0.2, 0) is 0 Å². The molecular formula is C10H8OSi. The van der Waals surface area contributed by atoms with Crippen LogP contribution < -0.4 is 5.19 Å². The van der Waals surface area contributed by atoms with Gasteiger partial charge in [0.25, 0.3) is 9.76 Å². The molecule has 2 aromatic rings. The maximum atomic E-state index is 8.92. The quantitative estimate of drug-likeness (QED) is 0.638. The van der Waals surface area contributed by atoms with Gasteiger partial charge in [-0.3, -0.25) is 0 Å². The van der Waals surface area contributed by atoms with Gasteiger partial charge in [0, 0.05) is 0 Å². The van der Waals surface area contributed by atoms with Crippen molar-refractivity contribution in [2.24, 2.45) is 0 Å². The molecule has 0 saturated heterocycles. The number of benzene rings is 2. The smallest absolute Gasteiger partial charge is 0.265 e. The van der Waals surface area contributed by atoms with Crippen LogP contribution in [0.25, 0.3) is 10.8 Å². The van der Waals surface area contributed by atoms with Crippen molar-refractivity contribution in [2.45, 2.75) is 0 Å². The maximum absolute atomic E-state index is 8.92. The average molecular weight is 172 g/mol. The van der Waals surface area contributed by atoms with Crippen molar-refractivity contribution in [2.75, 3.05) is 0 Å². The summed E-state index contributed by atoms with van der Waals surface area (Å²) in [5.74, 6) is 0. The molecule has 0 aromatic heterocycles. The van der Waals surface area contributed by atoms with Crippen molar-refractivity contribution in [3.05, 3.63) is 42.5 Å². The zero-order chi connectivity index (χ0) is 8.39. The zero-order valence-electron chi connectivity index (χ0n) is 6.49. The van der Waals surface area contributed by atoms with Crippen LogP contribution in [0.4, 0.5) is 0 Å². The van der Waals surface area contributed by atoms with Crippen LogP contribution in [0, 0.1) is 0 Å². The van der Waals surface area contributed by atoms with Crippen molar-refractivity contribution in [1.82, 2.24) is 0 Å². The molecule has 0 bridgehead atoms. The Bertz CT molecular complexity index is 398. The highest BCUT2D eigenvalue weighted by molar-refractivity contribution is 6.46. The molecule has 0 amide bonds. The summed E-state index contributed by atoms with van der Waals surface area (Å²) >= 11 is 0. The van der Waals surface area contributed by atoms with E-state index < -0.39 is 0 Å². The Hall–Kier alpha value is -1.12. The van der Waals surface area contributed by atoms with Crippen LogP contribution in [0.15, 0.2) is 42.5 Å². The van der Waals surface area contributed by atoms with E-state index in [1.54, 1.807) is 0 Å². The van der Waals surface area contributed by atoms with Crippen LogP contribution in [0.1, 0.15) is 0 Å². The standard InChI is InChI=1S/C10H8OSi/c11-12-10-6-5-8-3-1-2-4-9(8)7-10/h1-7,11H. The Balaban J connectivity index is 2.67. The number of fused-ring (bicyclic) bond motifs is 1. The Labute approximate surface area is 73.6 Å². The molecule has 58 valence electrons. The second-order valence-corrected chi connectivity index (χ2v) is 3.47. The van der Waals surface area contributed by atoms with Crippen LogP contribution in [-0.4, -0.2) is 14.6 Å². The van der Waals surface area contributed by atoms with Gasteiger partial charge >= 0.3 is 0 Å². The van der Waals surface area contributed by atoms with Gasteiger partial charge in [0.2, 0.25) is 0 Å². The monoisotopic (exact) mass is 172 g/mol. The van der Waals surface area contributed by atoms with Crippen LogP contribution in [0.5, 0.6) is 0 Å². The predicted molar refractivity (Wildman–Crippen MR) is 51.6 cm³/mol. The van der Waals surface area contributed by atoms with E-state index >= 15 is 0 Å². The van der Waals surface area contributed by atoms with Crippen LogP contribution >= 0.6 is 0 Å². The Morgan fingerprint density at radius 2 is 1.67 bits per heavy atom. The molecule has 2 rings (SSSR count). The minimum absolute atomic E-state index is 0.107. The molecule has 1 nitrogen and oxygen atoms in total. The first-order chi connectivity index (χ1) is 5.90. The fourth-order valence-corrected chi connectivity index (χ4v) is 1.64. The summed E-state index contributed by atoms with van der Waals surface area (Å²) in [6.07, 6.45) is 0. The molecule has 0 heterocycles. The molecular weight excluding hydrogens is 164 g/mol. The van der Waals surface area contributed by atoms with Gasteiger partial charge in [-0.2, -0.15) is 0 Å². The number of rotatable bonds is 1. The zero-order valence-corrected chi connectivity index (χ0v) is 7.49. The lowest BCUT2D eigenvalue weighted by Crippen LogP contribution is -2.11. The number of hydrogen-bond acceptors (Lipinski definition) is 1. The van der Waals surface area contributed by atoms with E-state index in [1.165, 1.54) is 10.8 Å². The Morgan fingerprint density at radius 1 is 0.917 bits per heavy atom. The third-order valence-electron chi connectivity index (χ3n) is 1.88. The summed E-state index contributed by atoms with van der Waals surface area (Å²) in [5.41, 5.74) is 0. The third-order valence-corrected chi connectivity index (χ3v) is 2.45. The van der Waals surface area contributed by atoms with E-state index in [2.05, 4.69) is 12.1 Å². The van der Waals surface area contributed by atoms with E-state index in [-0.39, 0.29) is 9.76 Å². The van der Waals surface area contributed by atoms with Crippen molar-refractivity contribution >= 4 is 25.7 Å². The minimum Gasteiger partial charge on any atom is -0.428 e. The van der Waals surface area contributed by atoms with Gasteiger partial charge in [0.05, 0.1) is 0 Å².